The van der Waals surface area contributed by atoms with Crippen molar-refractivity contribution in [3.63, 3.8) is 0 Å². The molecule has 0 spiro atoms. The molecule has 2 aromatic rings. The minimum atomic E-state index is 0.112. The van der Waals surface area contributed by atoms with E-state index in [4.69, 9.17) is 9.47 Å². The van der Waals surface area contributed by atoms with E-state index < -0.39 is 0 Å². The van der Waals surface area contributed by atoms with E-state index in [2.05, 4.69) is 20.1 Å². The van der Waals surface area contributed by atoms with Crippen LogP contribution < -0.4 is 5.32 Å². The lowest BCUT2D eigenvalue weighted by Crippen LogP contribution is -2.18. The molecule has 0 amide bonds. The Morgan fingerprint density at radius 2 is 2.33 bits per heavy atom. The molecule has 0 aromatic carbocycles. The van der Waals surface area contributed by atoms with Crippen molar-refractivity contribution in [1.29, 1.82) is 0 Å². The standard InChI is InChI=1S/C18H26N4O3S2/c1-12-9-15(13(2)22(12)6-8-24-3)16(23)11-26-18-21-20-17(27-18)19-10-14-5-4-7-25-14/h9,14H,4-8,10-11H2,1-3H3,(H,19,20). The van der Waals surface area contributed by atoms with Gasteiger partial charge < -0.3 is 19.4 Å². The fraction of sp³-hybridized carbons (Fsp3) is 0.611. The molecule has 7 nitrogen and oxygen atoms in total. The van der Waals surface area contributed by atoms with Gasteiger partial charge in [0.2, 0.25) is 5.13 Å². The first kappa shape index (κ1) is 20.3. The van der Waals surface area contributed by atoms with Crippen molar-refractivity contribution >= 4 is 34.0 Å². The van der Waals surface area contributed by atoms with Gasteiger partial charge >= 0.3 is 0 Å². The molecule has 148 valence electrons. The molecule has 0 saturated carbocycles. The molecule has 3 rings (SSSR count). The van der Waals surface area contributed by atoms with Crippen molar-refractivity contribution < 1.29 is 14.3 Å². The fourth-order valence-electron chi connectivity index (χ4n) is 3.16. The lowest BCUT2D eigenvalue weighted by molar-refractivity contribution is 0.102. The van der Waals surface area contributed by atoms with E-state index >= 15 is 0 Å². The summed E-state index contributed by atoms with van der Waals surface area (Å²) < 4.78 is 13.7. The molecule has 1 saturated heterocycles. The minimum Gasteiger partial charge on any atom is -0.383 e. The summed E-state index contributed by atoms with van der Waals surface area (Å²) in [4.78, 5) is 12.6. The van der Waals surface area contributed by atoms with Gasteiger partial charge in [-0.15, -0.1) is 10.2 Å². The van der Waals surface area contributed by atoms with E-state index in [-0.39, 0.29) is 11.9 Å². The van der Waals surface area contributed by atoms with Gasteiger partial charge in [0.15, 0.2) is 10.1 Å². The van der Waals surface area contributed by atoms with Crippen LogP contribution in [0, 0.1) is 13.8 Å². The average molecular weight is 411 g/mol. The largest absolute Gasteiger partial charge is 0.383 e. The zero-order valence-corrected chi connectivity index (χ0v) is 17.6. The average Bonchev–Trinajstić information content (AvgIpc) is 3.38. The third kappa shape index (κ3) is 5.31. The molecule has 0 bridgehead atoms. The Balaban J connectivity index is 1.52. The van der Waals surface area contributed by atoms with Crippen LogP contribution in [-0.4, -0.2) is 59.3 Å². The van der Waals surface area contributed by atoms with Crippen LogP contribution in [-0.2, 0) is 16.0 Å². The number of carbonyl (C=O) groups excluding carboxylic acids is 1. The molecule has 1 atom stereocenters. The van der Waals surface area contributed by atoms with Crippen LogP contribution in [0.2, 0.25) is 0 Å². The number of rotatable bonds is 10. The van der Waals surface area contributed by atoms with Gasteiger partial charge in [0.25, 0.3) is 0 Å². The number of carbonyl (C=O) groups is 1. The van der Waals surface area contributed by atoms with Crippen LogP contribution in [0.5, 0.6) is 0 Å². The molecular weight excluding hydrogens is 384 g/mol. The molecule has 2 aromatic heterocycles. The Hall–Kier alpha value is -1.42. The lowest BCUT2D eigenvalue weighted by atomic mass is 10.2. The highest BCUT2D eigenvalue weighted by atomic mass is 32.2. The molecule has 3 heterocycles. The van der Waals surface area contributed by atoms with Gasteiger partial charge in [0.05, 0.1) is 18.5 Å². The number of nitrogens with zero attached hydrogens (tertiary/aromatic N) is 3. The SMILES string of the molecule is COCCn1c(C)cc(C(=O)CSc2nnc(NCC3CCCO3)s2)c1C. The van der Waals surface area contributed by atoms with E-state index in [1.165, 1.54) is 23.1 Å². The van der Waals surface area contributed by atoms with Crippen molar-refractivity contribution in [3.8, 4) is 0 Å². The maximum atomic E-state index is 12.6. The third-order valence-corrected chi connectivity index (χ3v) is 6.65. The maximum absolute atomic E-state index is 12.6. The van der Waals surface area contributed by atoms with Gasteiger partial charge in [0, 0.05) is 43.8 Å². The maximum Gasteiger partial charge on any atom is 0.206 e. The van der Waals surface area contributed by atoms with E-state index in [0.29, 0.717) is 12.4 Å². The third-order valence-electron chi connectivity index (χ3n) is 4.63. The zero-order valence-electron chi connectivity index (χ0n) is 16.0. The first-order valence-electron chi connectivity index (χ1n) is 9.09. The molecule has 1 N–H and O–H groups in total. The number of aromatic nitrogens is 3. The highest BCUT2D eigenvalue weighted by molar-refractivity contribution is 8.01. The molecular formula is C18H26N4O3S2. The van der Waals surface area contributed by atoms with Gasteiger partial charge in [-0.1, -0.05) is 23.1 Å². The quantitative estimate of drug-likeness (QED) is 0.476. The predicted molar refractivity (Wildman–Crippen MR) is 108 cm³/mol. The summed E-state index contributed by atoms with van der Waals surface area (Å²) in [7, 11) is 1.68. The number of hydrogen-bond donors (Lipinski definition) is 1. The van der Waals surface area contributed by atoms with Gasteiger partial charge in [-0.3, -0.25) is 4.79 Å². The van der Waals surface area contributed by atoms with Crippen molar-refractivity contribution in [2.24, 2.45) is 0 Å². The number of nitrogens with one attached hydrogen (secondary N) is 1. The van der Waals surface area contributed by atoms with Crippen molar-refractivity contribution in [2.45, 2.75) is 43.7 Å². The Labute approximate surface area is 167 Å². The number of aryl methyl sites for hydroxylation is 1. The summed E-state index contributed by atoms with van der Waals surface area (Å²) in [5, 5.41) is 12.4. The van der Waals surface area contributed by atoms with Crippen LogP contribution in [0.25, 0.3) is 0 Å². The second-order valence-electron chi connectivity index (χ2n) is 6.53. The second-order valence-corrected chi connectivity index (χ2v) is 8.73. The predicted octanol–water partition coefficient (Wildman–Crippen LogP) is 3.17. The second kappa shape index (κ2) is 9.68. The monoisotopic (exact) mass is 410 g/mol. The number of thioether (sulfide) groups is 1. The Bertz CT molecular complexity index is 769. The number of Topliss-reactive ketones (excluding diaryl/α,β-unsaturated/α-hetero) is 1. The number of ketones is 1. The zero-order chi connectivity index (χ0) is 19.2. The molecule has 1 aliphatic heterocycles. The summed E-state index contributed by atoms with van der Waals surface area (Å²) in [5.41, 5.74) is 2.85. The fourth-order valence-corrected chi connectivity index (χ4v) is 4.80. The topological polar surface area (TPSA) is 78.3 Å². The molecule has 27 heavy (non-hydrogen) atoms. The molecule has 1 fully saturated rings. The van der Waals surface area contributed by atoms with Crippen LogP contribution >= 0.6 is 23.1 Å². The van der Waals surface area contributed by atoms with Crippen molar-refractivity contribution in [3.05, 3.63) is 23.0 Å². The molecule has 1 unspecified atom stereocenters. The van der Waals surface area contributed by atoms with Gasteiger partial charge in [-0.25, -0.2) is 0 Å². The summed E-state index contributed by atoms with van der Waals surface area (Å²) in [5.74, 6) is 0.468. The summed E-state index contributed by atoms with van der Waals surface area (Å²) in [6, 6.07) is 1.96. The number of hydrogen-bond acceptors (Lipinski definition) is 8. The van der Waals surface area contributed by atoms with Crippen LogP contribution in [0.1, 0.15) is 34.6 Å². The number of methoxy groups -OCH3 is 1. The van der Waals surface area contributed by atoms with Crippen molar-refractivity contribution in [1.82, 2.24) is 14.8 Å². The highest BCUT2D eigenvalue weighted by Crippen LogP contribution is 2.27. The van der Waals surface area contributed by atoms with E-state index in [1.54, 1.807) is 7.11 Å². The van der Waals surface area contributed by atoms with Gasteiger partial charge in [-0.05, 0) is 32.8 Å². The normalized spacial score (nSPS) is 16.8. The highest BCUT2D eigenvalue weighted by Gasteiger charge is 2.18. The molecule has 0 radical (unpaired) electrons. The smallest absolute Gasteiger partial charge is 0.206 e. The van der Waals surface area contributed by atoms with Gasteiger partial charge in [0.1, 0.15) is 0 Å². The molecule has 1 aliphatic rings. The number of ether oxygens (including phenoxy) is 2. The Kier molecular flexibility index (Phi) is 7.28. The number of anilines is 1. The van der Waals surface area contributed by atoms with E-state index in [1.807, 2.05) is 19.9 Å². The summed E-state index contributed by atoms with van der Waals surface area (Å²) in [6.45, 7) is 6.99. The lowest BCUT2D eigenvalue weighted by Gasteiger charge is -2.08. The summed E-state index contributed by atoms with van der Waals surface area (Å²) in [6.07, 6.45) is 2.47. The van der Waals surface area contributed by atoms with Crippen LogP contribution in [0.3, 0.4) is 0 Å². The molecule has 9 heteroatoms. The van der Waals surface area contributed by atoms with Crippen LogP contribution in [0.15, 0.2) is 10.4 Å². The van der Waals surface area contributed by atoms with Crippen molar-refractivity contribution in [2.75, 3.05) is 37.9 Å². The Morgan fingerprint density at radius 1 is 1.48 bits per heavy atom. The molecule has 0 aliphatic carbocycles. The van der Waals surface area contributed by atoms with E-state index in [9.17, 15) is 4.79 Å². The van der Waals surface area contributed by atoms with Gasteiger partial charge in [-0.2, -0.15) is 0 Å². The Morgan fingerprint density at radius 3 is 3.07 bits per heavy atom. The minimum absolute atomic E-state index is 0.112. The first-order valence-corrected chi connectivity index (χ1v) is 10.9. The first-order chi connectivity index (χ1) is 13.1. The van der Waals surface area contributed by atoms with E-state index in [0.717, 1.165) is 59.0 Å². The van der Waals surface area contributed by atoms with Crippen LogP contribution in [0.4, 0.5) is 5.13 Å². The summed E-state index contributed by atoms with van der Waals surface area (Å²) >= 11 is 2.91.